The SMILES string of the molecule is CC(C)(C)c1cc2c3c(c1)N(C1C(C4CC=CCC4)=CCC(CCC(C)(C)c4ccc5[nH]c6ccc(C(C)(C)C)cc6c5c4)C1C1=CCCCC1)c1cc(Br)ccc1B3c1ccc(Br)cc1N2C1C(c2ccccc2)=CC=CC1C1=CCCC=C1. The van der Waals surface area contributed by atoms with E-state index in [2.05, 4.69) is 278 Å². The lowest BCUT2D eigenvalue weighted by Crippen LogP contribution is -2.65. The molecule has 0 amide bonds. The molecule has 0 saturated carbocycles. The summed E-state index contributed by atoms with van der Waals surface area (Å²) >= 11 is 8.27. The Morgan fingerprint density at radius 1 is 0.600 bits per heavy atom. The maximum atomic E-state index is 4.17. The number of halogens is 2. The maximum Gasteiger partial charge on any atom is 0.252 e. The topological polar surface area (TPSA) is 22.3 Å². The number of fused-ring (bicyclic) bond motifs is 7. The molecule has 0 fully saturated rings. The average molecular weight is 1250 g/mol. The Morgan fingerprint density at radius 3 is 1.92 bits per heavy atom. The molecule has 7 aromatic rings. The average Bonchev–Trinajstić information content (AvgIpc) is 1.19. The van der Waals surface area contributed by atoms with E-state index in [9.17, 15) is 0 Å². The summed E-state index contributed by atoms with van der Waals surface area (Å²) in [5.41, 5.74) is 23.6. The van der Waals surface area contributed by atoms with E-state index in [0.717, 1.165) is 53.9 Å². The monoisotopic (exact) mass is 1240 g/mol. The molecule has 5 aliphatic carbocycles. The number of allylic oxidation sites excluding steroid dienone is 9. The molecule has 85 heavy (non-hydrogen) atoms. The molecule has 6 aromatic carbocycles. The number of nitrogens with one attached hydrogen (secondary N) is 1. The van der Waals surface area contributed by atoms with Crippen molar-refractivity contribution in [1.29, 1.82) is 0 Å². The van der Waals surface area contributed by atoms with Crippen molar-refractivity contribution in [1.82, 2.24) is 4.98 Å². The second-order valence-electron chi connectivity index (χ2n) is 28.8. The van der Waals surface area contributed by atoms with Crippen LogP contribution in [0.3, 0.4) is 0 Å². The van der Waals surface area contributed by atoms with Gasteiger partial charge in [-0.1, -0.05) is 208 Å². The Kier molecular flexibility index (Phi) is 14.9. The highest BCUT2D eigenvalue weighted by molar-refractivity contribution is 9.10. The van der Waals surface area contributed by atoms with Gasteiger partial charge in [0, 0.05) is 65.3 Å². The molecule has 2 aliphatic heterocycles. The number of H-pyrrole nitrogens is 1. The molecule has 0 radical (unpaired) electrons. The summed E-state index contributed by atoms with van der Waals surface area (Å²) in [6.45, 7) is 19.4. The fourth-order valence-corrected chi connectivity index (χ4v) is 17.1. The minimum atomic E-state index is -0.143. The van der Waals surface area contributed by atoms with Gasteiger partial charge in [0.15, 0.2) is 0 Å². The summed E-state index contributed by atoms with van der Waals surface area (Å²) in [7, 11) is 0. The number of aromatic amines is 1. The highest BCUT2D eigenvalue weighted by atomic mass is 79.9. The Hall–Kier alpha value is -6.08. The van der Waals surface area contributed by atoms with Gasteiger partial charge in [0.2, 0.25) is 0 Å². The van der Waals surface area contributed by atoms with E-state index in [-0.39, 0.29) is 41.0 Å². The summed E-state index contributed by atoms with van der Waals surface area (Å²) in [6.07, 6.45) is 39.1. The Bertz CT molecular complexity index is 4000. The van der Waals surface area contributed by atoms with E-state index >= 15 is 0 Å². The molecule has 432 valence electrons. The maximum absolute atomic E-state index is 4.17. The van der Waals surface area contributed by atoms with Gasteiger partial charge in [0.25, 0.3) is 6.71 Å². The van der Waals surface area contributed by atoms with E-state index in [4.69, 9.17) is 0 Å². The second kappa shape index (κ2) is 22.3. The van der Waals surface area contributed by atoms with Crippen molar-refractivity contribution in [3.63, 3.8) is 0 Å². The first-order chi connectivity index (χ1) is 41.0. The molecule has 1 aromatic heterocycles. The first-order valence-corrected chi connectivity index (χ1v) is 33.9. The number of benzene rings is 6. The van der Waals surface area contributed by atoms with Crippen LogP contribution >= 0.6 is 31.9 Å². The van der Waals surface area contributed by atoms with Gasteiger partial charge in [-0.25, -0.2) is 0 Å². The highest BCUT2D eigenvalue weighted by Crippen LogP contribution is 2.54. The second-order valence-corrected chi connectivity index (χ2v) is 30.6. The third-order valence-electron chi connectivity index (χ3n) is 21.0. The van der Waals surface area contributed by atoms with E-state index < -0.39 is 0 Å². The molecule has 0 spiro atoms. The van der Waals surface area contributed by atoms with Gasteiger partial charge in [-0.2, -0.15) is 0 Å². The molecule has 0 bridgehead atoms. The predicted octanol–water partition coefficient (Wildman–Crippen LogP) is 20.3. The van der Waals surface area contributed by atoms with Gasteiger partial charge >= 0.3 is 0 Å². The smallest absolute Gasteiger partial charge is 0.252 e. The molecular weight excluding hydrogens is 1160 g/mol. The van der Waals surface area contributed by atoms with Crippen molar-refractivity contribution in [3.05, 3.63) is 224 Å². The first-order valence-electron chi connectivity index (χ1n) is 32.3. The quantitative estimate of drug-likeness (QED) is 0.109. The third kappa shape index (κ3) is 10.3. The number of aromatic nitrogens is 1. The normalized spacial score (nSPS) is 23.1. The molecule has 3 nitrogen and oxygen atoms in total. The number of hydrogen-bond acceptors (Lipinski definition) is 2. The Labute approximate surface area is 524 Å². The molecular formula is C79H84BBr2N3. The predicted molar refractivity (Wildman–Crippen MR) is 373 cm³/mol. The molecule has 14 rings (SSSR count). The number of nitrogens with zero attached hydrogens (tertiary/aromatic N) is 2. The fourth-order valence-electron chi connectivity index (χ4n) is 16.4. The van der Waals surface area contributed by atoms with Crippen molar-refractivity contribution in [2.45, 2.75) is 161 Å². The van der Waals surface area contributed by atoms with Crippen LogP contribution in [0.2, 0.25) is 0 Å². The fraction of sp³-hybridized carbons (Fsp3) is 0.367. The van der Waals surface area contributed by atoms with Crippen LogP contribution in [0.15, 0.2) is 202 Å². The molecule has 3 heterocycles. The molecule has 6 heteroatoms. The summed E-state index contributed by atoms with van der Waals surface area (Å²) in [5, 5.41) is 2.68. The Balaban J connectivity index is 0.969. The van der Waals surface area contributed by atoms with Crippen LogP contribution in [0.4, 0.5) is 22.7 Å². The first kappa shape index (κ1) is 56.7. The number of hydrogen-bond donors (Lipinski definition) is 1. The van der Waals surface area contributed by atoms with Gasteiger partial charge in [0.1, 0.15) is 0 Å². The van der Waals surface area contributed by atoms with Gasteiger partial charge in [0.05, 0.1) is 12.1 Å². The Morgan fingerprint density at radius 2 is 1.28 bits per heavy atom. The van der Waals surface area contributed by atoms with Crippen LogP contribution in [0.25, 0.3) is 27.4 Å². The van der Waals surface area contributed by atoms with Crippen LogP contribution in [0, 0.1) is 23.7 Å². The zero-order valence-corrected chi connectivity index (χ0v) is 54.6. The minimum Gasteiger partial charge on any atom is -0.355 e. The third-order valence-corrected chi connectivity index (χ3v) is 22.0. The van der Waals surface area contributed by atoms with Gasteiger partial charge in [-0.15, -0.1) is 0 Å². The van der Waals surface area contributed by atoms with Crippen LogP contribution in [0.5, 0.6) is 0 Å². The largest absolute Gasteiger partial charge is 0.355 e. The van der Waals surface area contributed by atoms with Crippen LogP contribution in [-0.4, -0.2) is 23.8 Å². The van der Waals surface area contributed by atoms with E-state index in [1.807, 2.05) is 0 Å². The van der Waals surface area contributed by atoms with Crippen molar-refractivity contribution in [3.8, 4) is 0 Å². The van der Waals surface area contributed by atoms with Crippen LogP contribution in [0.1, 0.15) is 155 Å². The van der Waals surface area contributed by atoms with E-state index in [1.165, 1.54) is 126 Å². The number of rotatable bonds is 10. The zero-order valence-electron chi connectivity index (χ0n) is 51.4. The summed E-state index contributed by atoms with van der Waals surface area (Å²) in [6, 6.07) is 45.7. The number of anilines is 4. The summed E-state index contributed by atoms with van der Waals surface area (Å²) in [4.78, 5) is 9.63. The van der Waals surface area contributed by atoms with Crippen molar-refractivity contribution < 1.29 is 0 Å². The van der Waals surface area contributed by atoms with Gasteiger partial charge in [-0.05, 0) is 221 Å². The molecule has 7 aliphatic rings. The van der Waals surface area contributed by atoms with Gasteiger partial charge < -0.3 is 14.8 Å². The van der Waals surface area contributed by atoms with Crippen LogP contribution < -0.4 is 26.2 Å². The summed E-state index contributed by atoms with van der Waals surface area (Å²) < 4.78 is 2.24. The van der Waals surface area contributed by atoms with Crippen molar-refractivity contribution in [2.24, 2.45) is 23.7 Å². The molecule has 0 saturated heterocycles. The highest BCUT2D eigenvalue weighted by Gasteiger charge is 2.51. The van der Waals surface area contributed by atoms with Gasteiger partial charge in [-0.3, -0.25) is 0 Å². The van der Waals surface area contributed by atoms with E-state index in [0.29, 0.717) is 17.8 Å². The van der Waals surface area contributed by atoms with E-state index in [1.54, 1.807) is 11.1 Å². The molecule has 6 atom stereocenters. The lowest BCUT2D eigenvalue weighted by atomic mass is 9.33. The summed E-state index contributed by atoms with van der Waals surface area (Å²) in [5.74, 6) is 1.43. The minimum absolute atomic E-state index is 0.0147. The van der Waals surface area contributed by atoms with Crippen molar-refractivity contribution in [2.75, 3.05) is 9.80 Å². The lowest BCUT2D eigenvalue weighted by molar-refractivity contribution is 0.258. The lowest BCUT2D eigenvalue weighted by Gasteiger charge is -2.54. The molecule has 1 N–H and O–H groups in total. The zero-order chi connectivity index (χ0) is 58.5. The standard InChI is InChI=1S/C79H84BBr2N3/c1-77(2,3)55-33-40-67-63(44-55)64-45-56(34-41-68(64)83-67)79(7,8)43-42-54-32-37-62(52-26-17-11-18-27-52)76(73(54)53-28-19-12-20-29-53)85-70-49-59(82)36-39-66(70)80-65-38-35-58(81)48-69(65)84(71-46-57(78(4,5)6)47-72(85)74(71)80)75-60(50-22-13-9-14-23-50)30-21-31-61(75)51-24-15-10-16-25-51/h9,11,13-15,17,21-25,28,30-31,33-41,44-49,52,54,61,73,75-76,83H,10,12,16,18-20,26-27,29,32,42-43H2,1-8H3. The molecule has 6 unspecified atom stereocenters. The van der Waals surface area contributed by atoms with Crippen LogP contribution in [-0.2, 0) is 16.2 Å². The van der Waals surface area contributed by atoms with Crippen molar-refractivity contribution >= 4 is 105 Å².